The molecule has 0 aliphatic heterocycles. The van der Waals surface area contributed by atoms with Crippen LogP contribution in [-0.2, 0) is 14.3 Å². The highest BCUT2D eigenvalue weighted by Crippen LogP contribution is 2.07. The molecule has 0 radical (unpaired) electrons. The Balaban J connectivity index is 4.55. The molecule has 0 aliphatic carbocycles. The summed E-state index contributed by atoms with van der Waals surface area (Å²) in [5.41, 5.74) is 0. The Morgan fingerprint density at radius 3 is 2.00 bits per heavy atom. The van der Waals surface area contributed by atoms with Crippen molar-refractivity contribution in [3.05, 3.63) is 0 Å². The molecule has 0 rings (SSSR count). The first-order chi connectivity index (χ1) is 9.42. The average Bonchev–Trinajstić information content (AvgIpc) is 2.37. The number of carbonyl (C=O) groups excluding carboxylic acids is 1. The van der Waals surface area contributed by atoms with E-state index in [0.717, 1.165) is 0 Å². The molecule has 0 bridgehead atoms. The Hall–Kier alpha value is -1.34. The van der Waals surface area contributed by atoms with Crippen LogP contribution in [0.15, 0.2) is 0 Å². The molecule has 0 aromatic heterocycles. The topological polar surface area (TPSA) is 88.1 Å². The number of carboxylic acid groups (broad SMARTS) is 1. The molecule has 118 valence electrons. The summed E-state index contributed by atoms with van der Waals surface area (Å²) in [4.78, 5) is 24.5. The van der Waals surface area contributed by atoms with E-state index in [4.69, 9.17) is 14.6 Å². The molecule has 0 saturated heterocycles. The third-order valence-corrected chi connectivity index (χ3v) is 2.93. The Morgan fingerprint density at radius 2 is 1.65 bits per heavy atom. The van der Waals surface area contributed by atoms with Gasteiger partial charge in [-0.05, 0) is 5.92 Å². The number of amides is 2. The van der Waals surface area contributed by atoms with Gasteiger partial charge in [-0.1, -0.05) is 13.8 Å². The number of urea groups is 1. The molecule has 7 nitrogen and oxygen atoms in total. The van der Waals surface area contributed by atoms with Gasteiger partial charge in [0, 0.05) is 33.4 Å². The lowest BCUT2D eigenvalue weighted by molar-refractivity contribution is -0.137. The van der Waals surface area contributed by atoms with E-state index in [1.54, 1.807) is 19.1 Å². The van der Waals surface area contributed by atoms with Crippen LogP contribution in [0.1, 0.15) is 20.3 Å². The van der Waals surface area contributed by atoms with Crippen LogP contribution in [0.25, 0.3) is 0 Å². The van der Waals surface area contributed by atoms with Crippen molar-refractivity contribution in [3.8, 4) is 0 Å². The molecule has 2 N–H and O–H groups in total. The molecular formula is C13H26N2O5. The maximum Gasteiger partial charge on any atom is 0.317 e. The Labute approximate surface area is 120 Å². The summed E-state index contributed by atoms with van der Waals surface area (Å²) < 4.78 is 9.93. The van der Waals surface area contributed by atoms with Crippen molar-refractivity contribution >= 4 is 12.0 Å². The van der Waals surface area contributed by atoms with Crippen molar-refractivity contribution in [2.45, 2.75) is 26.3 Å². The van der Waals surface area contributed by atoms with E-state index in [-0.39, 0.29) is 18.4 Å². The summed E-state index contributed by atoms with van der Waals surface area (Å²) >= 11 is 0. The van der Waals surface area contributed by atoms with Gasteiger partial charge in [-0.3, -0.25) is 4.79 Å². The minimum Gasteiger partial charge on any atom is -0.481 e. The van der Waals surface area contributed by atoms with Crippen LogP contribution in [0.3, 0.4) is 0 Å². The minimum atomic E-state index is -0.927. The fourth-order valence-electron chi connectivity index (χ4n) is 1.61. The van der Waals surface area contributed by atoms with Crippen LogP contribution in [0.4, 0.5) is 4.79 Å². The molecule has 0 fully saturated rings. The molecule has 1 atom stereocenters. The lowest BCUT2D eigenvalue weighted by Gasteiger charge is -2.27. The lowest BCUT2D eigenvalue weighted by atomic mass is 10.0. The number of carbonyl (C=O) groups is 2. The fourth-order valence-corrected chi connectivity index (χ4v) is 1.61. The summed E-state index contributed by atoms with van der Waals surface area (Å²) in [5, 5.41) is 11.6. The number of nitrogens with one attached hydrogen (secondary N) is 1. The van der Waals surface area contributed by atoms with Gasteiger partial charge in [-0.2, -0.15) is 0 Å². The van der Waals surface area contributed by atoms with Crippen molar-refractivity contribution in [2.75, 3.05) is 40.5 Å². The van der Waals surface area contributed by atoms with Crippen LogP contribution in [-0.4, -0.2) is 68.6 Å². The smallest absolute Gasteiger partial charge is 0.317 e. The SMILES string of the molecule is COCCN(CCOC)C(=O)NC(CC(=O)O)C(C)C. The number of carboxylic acids is 1. The summed E-state index contributed by atoms with van der Waals surface area (Å²) in [6.07, 6.45) is -0.0915. The third-order valence-electron chi connectivity index (χ3n) is 2.93. The van der Waals surface area contributed by atoms with Gasteiger partial charge in [0.2, 0.25) is 0 Å². The maximum absolute atomic E-state index is 12.2. The second-order valence-electron chi connectivity index (χ2n) is 4.87. The molecule has 7 heteroatoms. The monoisotopic (exact) mass is 290 g/mol. The molecule has 0 aromatic rings. The number of aliphatic carboxylic acids is 1. The van der Waals surface area contributed by atoms with Gasteiger partial charge in [0.15, 0.2) is 0 Å². The fraction of sp³-hybridized carbons (Fsp3) is 0.846. The van der Waals surface area contributed by atoms with Gasteiger partial charge in [0.1, 0.15) is 0 Å². The normalized spacial score (nSPS) is 12.2. The van der Waals surface area contributed by atoms with Crippen molar-refractivity contribution in [1.82, 2.24) is 10.2 Å². The van der Waals surface area contributed by atoms with Crippen molar-refractivity contribution in [2.24, 2.45) is 5.92 Å². The second kappa shape index (κ2) is 10.4. The Kier molecular flexibility index (Phi) is 9.75. The molecule has 0 aliphatic rings. The highest BCUT2D eigenvalue weighted by atomic mass is 16.5. The van der Waals surface area contributed by atoms with Crippen molar-refractivity contribution < 1.29 is 24.2 Å². The van der Waals surface area contributed by atoms with E-state index in [1.807, 2.05) is 13.8 Å². The van der Waals surface area contributed by atoms with Gasteiger partial charge in [0.05, 0.1) is 19.6 Å². The van der Waals surface area contributed by atoms with Crippen molar-refractivity contribution in [3.63, 3.8) is 0 Å². The largest absolute Gasteiger partial charge is 0.481 e. The Morgan fingerprint density at radius 1 is 1.15 bits per heavy atom. The zero-order chi connectivity index (χ0) is 15.5. The van der Waals surface area contributed by atoms with E-state index in [0.29, 0.717) is 26.3 Å². The quantitative estimate of drug-likeness (QED) is 0.621. The van der Waals surface area contributed by atoms with Gasteiger partial charge < -0.3 is 24.8 Å². The minimum absolute atomic E-state index is 0.0433. The van der Waals surface area contributed by atoms with Crippen LogP contribution >= 0.6 is 0 Å². The van der Waals surface area contributed by atoms with Gasteiger partial charge in [0.25, 0.3) is 0 Å². The summed E-state index contributed by atoms with van der Waals surface area (Å²) in [6, 6.07) is -0.688. The molecule has 0 spiro atoms. The van der Waals surface area contributed by atoms with E-state index in [1.165, 1.54) is 0 Å². The first-order valence-electron chi connectivity index (χ1n) is 6.67. The van der Waals surface area contributed by atoms with Crippen LogP contribution in [0.2, 0.25) is 0 Å². The van der Waals surface area contributed by atoms with E-state index >= 15 is 0 Å². The molecule has 2 amide bonds. The lowest BCUT2D eigenvalue weighted by Crippen LogP contribution is -2.49. The average molecular weight is 290 g/mol. The van der Waals surface area contributed by atoms with Gasteiger partial charge >= 0.3 is 12.0 Å². The van der Waals surface area contributed by atoms with E-state index in [2.05, 4.69) is 5.32 Å². The van der Waals surface area contributed by atoms with Crippen LogP contribution in [0.5, 0.6) is 0 Å². The van der Waals surface area contributed by atoms with Gasteiger partial charge in [-0.25, -0.2) is 4.79 Å². The number of hydrogen-bond acceptors (Lipinski definition) is 4. The highest BCUT2D eigenvalue weighted by molar-refractivity contribution is 5.76. The second-order valence-corrected chi connectivity index (χ2v) is 4.87. The molecule has 0 saturated carbocycles. The predicted octanol–water partition coefficient (Wildman–Crippen LogP) is 0.790. The van der Waals surface area contributed by atoms with Crippen molar-refractivity contribution in [1.29, 1.82) is 0 Å². The maximum atomic E-state index is 12.2. The predicted molar refractivity (Wildman–Crippen MR) is 74.7 cm³/mol. The zero-order valence-electron chi connectivity index (χ0n) is 12.7. The first-order valence-corrected chi connectivity index (χ1v) is 6.67. The number of hydrogen-bond donors (Lipinski definition) is 2. The number of rotatable bonds is 10. The molecule has 1 unspecified atom stereocenters. The summed E-state index contributed by atoms with van der Waals surface area (Å²) in [6.45, 7) is 5.46. The Bertz CT molecular complexity index is 288. The molecule has 0 aromatic carbocycles. The zero-order valence-corrected chi connectivity index (χ0v) is 12.7. The standard InChI is InChI=1S/C13H26N2O5/c1-10(2)11(9-12(16)17)14-13(18)15(5-7-19-3)6-8-20-4/h10-11H,5-9H2,1-4H3,(H,14,18)(H,16,17). The van der Waals surface area contributed by atoms with E-state index in [9.17, 15) is 9.59 Å². The molecular weight excluding hydrogens is 264 g/mol. The van der Waals surface area contributed by atoms with Crippen LogP contribution in [0, 0.1) is 5.92 Å². The molecule has 0 heterocycles. The van der Waals surface area contributed by atoms with Gasteiger partial charge in [-0.15, -0.1) is 0 Å². The molecule has 20 heavy (non-hydrogen) atoms. The number of nitrogens with zero attached hydrogens (tertiary/aromatic N) is 1. The third kappa shape index (κ3) is 7.96. The van der Waals surface area contributed by atoms with E-state index < -0.39 is 12.0 Å². The summed E-state index contributed by atoms with van der Waals surface area (Å²) in [5.74, 6) is -0.883. The highest BCUT2D eigenvalue weighted by Gasteiger charge is 2.22. The summed E-state index contributed by atoms with van der Waals surface area (Å²) in [7, 11) is 3.13. The number of methoxy groups -OCH3 is 2. The number of ether oxygens (including phenoxy) is 2. The van der Waals surface area contributed by atoms with Crippen LogP contribution < -0.4 is 5.32 Å². The first kappa shape index (κ1) is 18.7.